The van der Waals surface area contributed by atoms with Crippen LogP contribution in [-0.2, 0) is 14.3 Å². The van der Waals surface area contributed by atoms with Crippen molar-refractivity contribution in [1.29, 1.82) is 0 Å². The summed E-state index contributed by atoms with van der Waals surface area (Å²) in [7, 11) is 1.30. The summed E-state index contributed by atoms with van der Waals surface area (Å²) in [6.45, 7) is 0.281. The number of methoxy groups -OCH3 is 1. The van der Waals surface area contributed by atoms with Crippen LogP contribution in [0.4, 0.5) is 4.39 Å². The van der Waals surface area contributed by atoms with Crippen molar-refractivity contribution >= 4 is 11.9 Å². The number of rotatable bonds is 4. The topological polar surface area (TPSA) is 55.8 Å². The van der Waals surface area contributed by atoms with Crippen LogP contribution in [0, 0.1) is 11.7 Å². The monoisotopic (exact) mass is 307 g/mol. The number of likely N-dealkylation sites (tertiary alicyclic amines) is 1. The molecule has 1 aromatic carbocycles. The Bertz CT molecular complexity index is 587. The molecule has 2 aliphatic rings. The van der Waals surface area contributed by atoms with Gasteiger partial charge in [-0.25, -0.2) is 9.18 Å². The fourth-order valence-electron chi connectivity index (χ4n) is 2.77. The number of benzene rings is 1. The fourth-order valence-corrected chi connectivity index (χ4v) is 2.77. The van der Waals surface area contributed by atoms with Crippen LogP contribution in [0.3, 0.4) is 0 Å². The highest BCUT2D eigenvalue weighted by Crippen LogP contribution is 2.34. The van der Waals surface area contributed by atoms with E-state index in [-0.39, 0.29) is 24.1 Å². The van der Waals surface area contributed by atoms with Crippen LogP contribution >= 0.6 is 0 Å². The quantitative estimate of drug-likeness (QED) is 0.795. The molecule has 22 heavy (non-hydrogen) atoms. The first kappa shape index (κ1) is 14.8. The van der Waals surface area contributed by atoms with E-state index in [1.54, 1.807) is 12.1 Å². The highest BCUT2D eigenvalue weighted by atomic mass is 19.1. The van der Waals surface area contributed by atoms with Crippen LogP contribution in [-0.4, -0.2) is 42.6 Å². The lowest BCUT2D eigenvalue weighted by Crippen LogP contribution is -2.42. The molecule has 0 N–H and O–H groups in total. The summed E-state index contributed by atoms with van der Waals surface area (Å²) in [6.07, 6.45) is 1.63. The molecule has 5 nitrogen and oxygen atoms in total. The number of carbonyl (C=O) groups excluding carboxylic acids is 2. The molecule has 1 aromatic rings. The number of ether oxygens (including phenoxy) is 2. The zero-order chi connectivity index (χ0) is 15.7. The maximum absolute atomic E-state index is 13.7. The Morgan fingerprint density at radius 1 is 1.27 bits per heavy atom. The van der Waals surface area contributed by atoms with Gasteiger partial charge in [0, 0.05) is 12.3 Å². The molecule has 1 amide bonds. The summed E-state index contributed by atoms with van der Waals surface area (Å²) in [5.41, 5.74) is 0. The zero-order valence-corrected chi connectivity index (χ0v) is 12.3. The van der Waals surface area contributed by atoms with Gasteiger partial charge in [-0.2, -0.15) is 0 Å². The minimum Gasteiger partial charge on any atom is -0.485 e. The number of hydrogen-bond donors (Lipinski definition) is 0. The van der Waals surface area contributed by atoms with Crippen LogP contribution < -0.4 is 4.74 Å². The minimum absolute atomic E-state index is 0.0133. The lowest BCUT2D eigenvalue weighted by molar-refractivity contribution is -0.151. The van der Waals surface area contributed by atoms with E-state index in [2.05, 4.69) is 0 Å². The standard InChI is InChI=1S/C16H18FNO4/c1-21-16(20)13-8-11(9-18(13)15(19)10-6-7-10)22-14-5-3-2-4-12(14)17/h2-5,10-11,13H,6-9H2,1H3. The van der Waals surface area contributed by atoms with Crippen LogP contribution in [0.1, 0.15) is 19.3 Å². The summed E-state index contributed by atoms with van der Waals surface area (Å²) >= 11 is 0. The predicted octanol–water partition coefficient (Wildman–Crippen LogP) is 1.76. The predicted molar refractivity (Wildman–Crippen MR) is 75.7 cm³/mol. The Morgan fingerprint density at radius 2 is 2.00 bits per heavy atom. The SMILES string of the molecule is COC(=O)C1CC(Oc2ccccc2F)CN1C(=O)C1CC1. The third-order valence-electron chi connectivity index (χ3n) is 4.08. The van der Waals surface area contributed by atoms with Crippen molar-refractivity contribution < 1.29 is 23.5 Å². The lowest BCUT2D eigenvalue weighted by Gasteiger charge is -2.22. The van der Waals surface area contributed by atoms with E-state index in [0.29, 0.717) is 6.42 Å². The van der Waals surface area contributed by atoms with Crippen molar-refractivity contribution in [3.63, 3.8) is 0 Å². The van der Waals surface area contributed by atoms with Gasteiger partial charge < -0.3 is 14.4 Å². The van der Waals surface area contributed by atoms with Crippen LogP contribution in [0.2, 0.25) is 0 Å². The van der Waals surface area contributed by atoms with Gasteiger partial charge in [-0.3, -0.25) is 4.79 Å². The molecule has 0 bridgehead atoms. The number of amides is 1. The van der Waals surface area contributed by atoms with Gasteiger partial charge in [-0.15, -0.1) is 0 Å². The van der Waals surface area contributed by atoms with E-state index in [9.17, 15) is 14.0 Å². The van der Waals surface area contributed by atoms with Gasteiger partial charge >= 0.3 is 5.97 Å². The molecule has 6 heteroatoms. The molecule has 0 radical (unpaired) electrons. The highest BCUT2D eigenvalue weighted by Gasteiger charge is 2.45. The molecule has 2 unspecified atom stereocenters. The summed E-state index contributed by atoms with van der Waals surface area (Å²) in [6, 6.07) is 5.47. The Hall–Kier alpha value is -2.11. The number of hydrogen-bond acceptors (Lipinski definition) is 4. The van der Waals surface area contributed by atoms with Crippen molar-refractivity contribution in [1.82, 2.24) is 4.90 Å². The average Bonchev–Trinajstić information content (AvgIpc) is 3.29. The number of nitrogens with zero attached hydrogens (tertiary/aromatic N) is 1. The maximum atomic E-state index is 13.7. The number of esters is 1. The molecule has 2 fully saturated rings. The largest absolute Gasteiger partial charge is 0.485 e. The van der Waals surface area contributed by atoms with Crippen molar-refractivity contribution in [2.45, 2.75) is 31.4 Å². The average molecular weight is 307 g/mol. The highest BCUT2D eigenvalue weighted by molar-refractivity contribution is 5.87. The molecule has 1 heterocycles. The van der Waals surface area contributed by atoms with E-state index in [0.717, 1.165) is 12.8 Å². The molecule has 1 saturated heterocycles. The van der Waals surface area contributed by atoms with Crippen molar-refractivity contribution in [3.8, 4) is 5.75 Å². The zero-order valence-electron chi connectivity index (χ0n) is 12.3. The molecule has 3 rings (SSSR count). The van der Waals surface area contributed by atoms with E-state index < -0.39 is 23.9 Å². The lowest BCUT2D eigenvalue weighted by atomic mass is 10.2. The molecule has 118 valence electrons. The molecule has 1 saturated carbocycles. The fraction of sp³-hybridized carbons (Fsp3) is 0.500. The van der Waals surface area contributed by atoms with Gasteiger partial charge in [0.1, 0.15) is 12.1 Å². The van der Waals surface area contributed by atoms with E-state index in [4.69, 9.17) is 9.47 Å². The second kappa shape index (κ2) is 5.94. The summed E-state index contributed by atoms with van der Waals surface area (Å²) < 4.78 is 24.1. The van der Waals surface area contributed by atoms with Gasteiger partial charge in [-0.05, 0) is 25.0 Å². The summed E-state index contributed by atoms with van der Waals surface area (Å²) in [5.74, 6) is -0.788. The Kier molecular flexibility index (Phi) is 4.00. The smallest absolute Gasteiger partial charge is 0.328 e. The normalized spacial score (nSPS) is 24.2. The number of para-hydroxylation sites is 1. The third-order valence-corrected chi connectivity index (χ3v) is 4.08. The van der Waals surface area contributed by atoms with Crippen molar-refractivity contribution in [3.05, 3.63) is 30.1 Å². The molecule has 1 aliphatic heterocycles. The van der Waals surface area contributed by atoms with Gasteiger partial charge in [0.25, 0.3) is 0 Å². The van der Waals surface area contributed by atoms with Crippen LogP contribution in [0.25, 0.3) is 0 Å². The van der Waals surface area contributed by atoms with Gasteiger partial charge in [0.05, 0.1) is 13.7 Å². The van der Waals surface area contributed by atoms with Gasteiger partial charge in [0.2, 0.25) is 5.91 Å². The summed E-state index contributed by atoms with van der Waals surface area (Å²) in [4.78, 5) is 25.7. The molecule has 0 spiro atoms. The Morgan fingerprint density at radius 3 is 2.64 bits per heavy atom. The van der Waals surface area contributed by atoms with Crippen LogP contribution in [0.5, 0.6) is 5.75 Å². The molecule has 1 aliphatic carbocycles. The molecule has 2 atom stereocenters. The maximum Gasteiger partial charge on any atom is 0.328 e. The number of carbonyl (C=O) groups is 2. The minimum atomic E-state index is -0.644. The first-order valence-electron chi connectivity index (χ1n) is 7.39. The number of halogens is 1. The molecule has 0 aromatic heterocycles. The van der Waals surface area contributed by atoms with E-state index in [1.807, 2.05) is 0 Å². The van der Waals surface area contributed by atoms with E-state index >= 15 is 0 Å². The van der Waals surface area contributed by atoms with Crippen LogP contribution in [0.15, 0.2) is 24.3 Å². The second-order valence-corrected chi connectivity index (χ2v) is 5.71. The Labute approximate surface area is 128 Å². The first-order valence-corrected chi connectivity index (χ1v) is 7.39. The first-order chi connectivity index (χ1) is 10.6. The summed E-state index contributed by atoms with van der Waals surface area (Å²) in [5, 5.41) is 0. The second-order valence-electron chi connectivity index (χ2n) is 5.71. The molecular weight excluding hydrogens is 289 g/mol. The van der Waals surface area contributed by atoms with Gasteiger partial charge in [-0.1, -0.05) is 12.1 Å². The Balaban J connectivity index is 1.73. The molecular formula is C16H18FNO4. The van der Waals surface area contributed by atoms with Gasteiger partial charge in [0.15, 0.2) is 11.6 Å². The van der Waals surface area contributed by atoms with Crippen molar-refractivity contribution in [2.24, 2.45) is 5.92 Å². The third kappa shape index (κ3) is 2.91. The van der Waals surface area contributed by atoms with Crippen molar-refractivity contribution in [2.75, 3.05) is 13.7 Å². The van der Waals surface area contributed by atoms with E-state index in [1.165, 1.54) is 24.1 Å².